The summed E-state index contributed by atoms with van der Waals surface area (Å²) in [5.41, 5.74) is 0.958. The van der Waals surface area contributed by atoms with Crippen LogP contribution in [-0.4, -0.2) is 23.6 Å². The fourth-order valence-corrected chi connectivity index (χ4v) is 4.10. The lowest BCUT2D eigenvalue weighted by atomic mass is 10.1. The number of benzene rings is 1. The highest BCUT2D eigenvalue weighted by Gasteiger charge is 2.12. The van der Waals surface area contributed by atoms with Crippen LogP contribution in [0.15, 0.2) is 44.7 Å². The van der Waals surface area contributed by atoms with E-state index >= 15 is 0 Å². The Morgan fingerprint density at radius 2 is 2.05 bits per heavy atom. The lowest BCUT2D eigenvalue weighted by Crippen LogP contribution is -2.20. The Labute approximate surface area is 140 Å². The van der Waals surface area contributed by atoms with Crippen LogP contribution in [0.5, 0.6) is 0 Å². The van der Waals surface area contributed by atoms with E-state index in [2.05, 4.69) is 55.3 Å². The lowest BCUT2D eigenvalue weighted by molar-refractivity contribution is 0.147. The van der Waals surface area contributed by atoms with E-state index in [0.29, 0.717) is 0 Å². The largest absolute Gasteiger partial charge is 0.388 e. The van der Waals surface area contributed by atoms with E-state index in [1.54, 1.807) is 11.3 Å². The molecule has 0 aliphatic heterocycles. The number of thiophene rings is 1. The number of nitrogens with zero attached hydrogens (tertiary/aromatic N) is 1. The number of aliphatic hydroxyl groups is 1. The summed E-state index contributed by atoms with van der Waals surface area (Å²) in [5, 5.41) is 12.4. The highest BCUT2D eigenvalue weighted by molar-refractivity contribution is 9.10. The zero-order valence-electron chi connectivity index (χ0n) is 11.2. The lowest BCUT2D eigenvalue weighted by Gasteiger charge is -2.19. The molecule has 2 nitrogen and oxygen atoms in total. The Balaban J connectivity index is 1.84. The molecule has 20 heavy (non-hydrogen) atoms. The van der Waals surface area contributed by atoms with Crippen LogP contribution in [0, 0.1) is 0 Å². The molecule has 1 aromatic carbocycles. The Morgan fingerprint density at radius 3 is 2.70 bits per heavy atom. The fraction of sp³-hybridized carbons (Fsp3) is 0.333. The summed E-state index contributed by atoms with van der Waals surface area (Å²) in [4.78, 5) is 3.56. The van der Waals surface area contributed by atoms with E-state index in [1.165, 1.54) is 4.88 Å². The SMILES string of the molecule is CN(CCC(O)c1ccccc1Br)Cc1cc(Br)cs1. The highest BCUT2D eigenvalue weighted by atomic mass is 79.9. The molecule has 1 aromatic heterocycles. The summed E-state index contributed by atoms with van der Waals surface area (Å²) in [7, 11) is 2.08. The van der Waals surface area contributed by atoms with Crippen molar-refractivity contribution in [2.24, 2.45) is 0 Å². The number of aliphatic hydroxyl groups excluding tert-OH is 1. The molecule has 2 rings (SSSR count). The Bertz CT molecular complexity index is 558. The predicted molar refractivity (Wildman–Crippen MR) is 92.1 cm³/mol. The first kappa shape index (κ1) is 16.2. The van der Waals surface area contributed by atoms with Crippen molar-refractivity contribution < 1.29 is 5.11 Å². The fourth-order valence-electron chi connectivity index (χ4n) is 2.03. The van der Waals surface area contributed by atoms with Crippen LogP contribution >= 0.6 is 43.2 Å². The minimum atomic E-state index is -0.428. The molecule has 1 unspecified atom stereocenters. The molecule has 0 fully saturated rings. The second kappa shape index (κ2) is 7.71. The third kappa shape index (κ3) is 4.67. The molecule has 0 aliphatic carbocycles. The molecule has 0 bridgehead atoms. The summed E-state index contributed by atoms with van der Waals surface area (Å²) in [6.07, 6.45) is 0.300. The highest BCUT2D eigenvalue weighted by Crippen LogP contribution is 2.26. The monoisotopic (exact) mass is 417 g/mol. The minimum absolute atomic E-state index is 0.428. The van der Waals surface area contributed by atoms with Gasteiger partial charge in [0.25, 0.3) is 0 Å². The van der Waals surface area contributed by atoms with Gasteiger partial charge in [0.2, 0.25) is 0 Å². The van der Waals surface area contributed by atoms with Crippen LogP contribution in [0.25, 0.3) is 0 Å². The van der Waals surface area contributed by atoms with E-state index in [-0.39, 0.29) is 0 Å². The normalized spacial score (nSPS) is 12.8. The molecule has 5 heteroatoms. The first-order chi connectivity index (χ1) is 9.56. The topological polar surface area (TPSA) is 23.5 Å². The van der Waals surface area contributed by atoms with Crippen LogP contribution < -0.4 is 0 Å². The van der Waals surface area contributed by atoms with Crippen molar-refractivity contribution in [1.29, 1.82) is 0 Å². The zero-order chi connectivity index (χ0) is 14.5. The van der Waals surface area contributed by atoms with Crippen molar-refractivity contribution >= 4 is 43.2 Å². The second-order valence-corrected chi connectivity index (χ2v) is 7.56. The molecule has 0 radical (unpaired) electrons. The Morgan fingerprint density at radius 1 is 1.30 bits per heavy atom. The molecule has 1 heterocycles. The number of hydrogen-bond donors (Lipinski definition) is 1. The predicted octanol–water partition coefficient (Wildman–Crippen LogP) is 4.83. The summed E-state index contributed by atoms with van der Waals surface area (Å²) < 4.78 is 2.11. The van der Waals surface area contributed by atoms with Crippen molar-refractivity contribution in [1.82, 2.24) is 4.90 Å². The van der Waals surface area contributed by atoms with Crippen molar-refractivity contribution in [3.05, 3.63) is 55.1 Å². The van der Waals surface area contributed by atoms with E-state index in [9.17, 15) is 5.11 Å². The van der Waals surface area contributed by atoms with Gasteiger partial charge in [0, 0.05) is 32.3 Å². The second-order valence-electron chi connectivity index (χ2n) is 4.80. The van der Waals surface area contributed by atoms with Gasteiger partial charge < -0.3 is 10.0 Å². The van der Waals surface area contributed by atoms with Crippen LogP contribution in [-0.2, 0) is 6.54 Å². The first-order valence-corrected chi connectivity index (χ1v) is 8.87. The number of rotatable bonds is 6. The molecule has 1 N–H and O–H groups in total. The van der Waals surface area contributed by atoms with Crippen molar-refractivity contribution in [3.63, 3.8) is 0 Å². The minimum Gasteiger partial charge on any atom is -0.388 e. The van der Waals surface area contributed by atoms with E-state index in [0.717, 1.165) is 34.0 Å². The average Bonchev–Trinajstić information content (AvgIpc) is 2.82. The molecule has 1 atom stereocenters. The van der Waals surface area contributed by atoms with Crippen LogP contribution in [0.1, 0.15) is 23.0 Å². The third-order valence-electron chi connectivity index (χ3n) is 3.10. The van der Waals surface area contributed by atoms with Gasteiger partial charge in [-0.2, -0.15) is 0 Å². The van der Waals surface area contributed by atoms with E-state index in [1.807, 2.05) is 24.3 Å². The van der Waals surface area contributed by atoms with Gasteiger partial charge in [-0.3, -0.25) is 0 Å². The van der Waals surface area contributed by atoms with Crippen LogP contribution in [0.4, 0.5) is 0 Å². The molecule has 0 saturated carbocycles. The average molecular weight is 419 g/mol. The van der Waals surface area contributed by atoms with E-state index < -0.39 is 6.10 Å². The van der Waals surface area contributed by atoms with Crippen molar-refractivity contribution in [2.75, 3.05) is 13.6 Å². The van der Waals surface area contributed by atoms with Crippen LogP contribution in [0.3, 0.4) is 0 Å². The number of hydrogen-bond acceptors (Lipinski definition) is 3. The van der Waals surface area contributed by atoms with Crippen LogP contribution in [0.2, 0.25) is 0 Å². The summed E-state index contributed by atoms with van der Waals surface area (Å²) in [6, 6.07) is 9.99. The molecule has 0 amide bonds. The van der Waals surface area contributed by atoms with Gasteiger partial charge in [-0.15, -0.1) is 11.3 Å². The molecule has 0 saturated heterocycles. The van der Waals surface area contributed by atoms with Gasteiger partial charge in [-0.05, 0) is 47.1 Å². The van der Waals surface area contributed by atoms with Gasteiger partial charge in [0.05, 0.1) is 6.10 Å². The smallest absolute Gasteiger partial charge is 0.0813 e. The summed E-state index contributed by atoms with van der Waals surface area (Å²) in [6.45, 7) is 1.77. The molecular formula is C15H17Br2NOS. The quantitative estimate of drug-likeness (QED) is 0.726. The van der Waals surface area contributed by atoms with E-state index in [4.69, 9.17) is 0 Å². The van der Waals surface area contributed by atoms with Gasteiger partial charge in [-0.1, -0.05) is 34.1 Å². The maximum atomic E-state index is 10.3. The molecule has 2 aromatic rings. The number of halogens is 2. The molecular weight excluding hydrogens is 402 g/mol. The Hall–Kier alpha value is -0.200. The first-order valence-electron chi connectivity index (χ1n) is 6.40. The van der Waals surface area contributed by atoms with Crippen molar-refractivity contribution in [3.8, 4) is 0 Å². The Kier molecular flexibility index (Phi) is 6.23. The third-order valence-corrected chi connectivity index (χ3v) is 5.50. The summed E-state index contributed by atoms with van der Waals surface area (Å²) >= 11 is 8.71. The summed E-state index contributed by atoms with van der Waals surface area (Å²) in [5.74, 6) is 0. The molecule has 108 valence electrons. The molecule has 0 spiro atoms. The maximum Gasteiger partial charge on any atom is 0.0813 e. The van der Waals surface area contributed by atoms with Gasteiger partial charge in [-0.25, -0.2) is 0 Å². The van der Waals surface area contributed by atoms with Gasteiger partial charge in [0.1, 0.15) is 0 Å². The standard InChI is InChI=1S/C15H17Br2NOS/c1-18(9-12-8-11(16)10-20-12)7-6-15(19)13-4-2-3-5-14(13)17/h2-5,8,10,15,19H,6-7,9H2,1H3. The molecule has 0 aliphatic rings. The maximum absolute atomic E-state index is 10.3. The van der Waals surface area contributed by atoms with Gasteiger partial charge in [0.15, 0.2) is 0 Å². The zero-order valence-corrected chi connectivity index (χ0v) is 15.2. The van der Waals surface area contributed by atoms with Gasteiger partial charge >= 0.3 is 0 Å². The van der Waals surface area contributed by atoms with Crippen molar-refractivity contribution in [2.45, 2.75) is 19.1 Å².